The number of para-hydroxylation sites is 1. The van der Waals surface area contributed by atoms with Crippen molar-refractivity contribution in [3.63, 3.8) is 0 Å². The lowest BCUT2D eigenvalue weighted by Crippen LogP contribution is -2.21. The van der Waals surface area contributed by atoms with Gasteiger partial charge in [-0.25, -0.2) is 0 Å². The van der Waals surface area contributed by atoms with Gasteiger partial charge in [-0.15, -0.1) is 0 Å². The zero-order valence-electron chi connectivity index (χ0n) is 12.7. The Bertz CT molecular complexity index is 652. The first-order valence-corrected chi connectivity index (χ1v) is 7.03. The number of amides is 1. The molecule has 0 unspecified atom stereocenters. The van der Waals surface area contributed by atoms with E-state index in [-0.39, 0.29) is 5.91 Å². The Kier molecular flexibility index (Phi) is 4.48. The standard InChI is InChI=1S/C17H21N3O/c1-4-20(15-8-6-5-7-12(15)2)16-11-13(17(21)19-3)9-10-14(16)18/h5-11H,4,18H2,1-3H3,(H,19,21). The highest BCUT2D eigenvalue weighted by molar-refractivity contribution is 5.96. The number of nitrogens with two attached hydrogens (primary N) is 1. The third-order valence-corrected chi connectivity index (χ3v) is 3.53. The van der Waals surface area contributed by atoms with Gasteiger partial charge in [0.25, 0.3) is 5.91 Å². The maximum Gasteiger partial charge on any atom is 0.251 e. The van der Waals surface area contributed by atoms with Crippen molar-refractivity contribution in [2.45, 2.75) is 13.8 Å². The summed E-state index contributed by atoms with van der Waals surface area (Å²) in [5, 5.41) is 2.64. The van der Waals surface area contributed by atoms with Crippen LogP contribution in [-0.2, 0) is 0 Å². The number of aryl methyl sites for hydroxylation is 1. The number of nitrogens with zero attached hydrogens (tertiary/aromatic N) is 1. The van der Waals surface area contributed by atoms with E-state index in [2.05, 4.69) is 36.2 Å². The fraction of sp³-hybridized carbons (Fsp3) is 0.235. The van der Waals surface area contributed by atoms with Gasteiger partial charge >= 0.3 is 0 Å². The quantitative estimate of drug-likeness (QED) is 0.848. The molecule has 0 saturated carbocycles. The SMILES string of the molecule is CCN(c1ccccc1C)c1cc(C(=O)NC)ccc1N. The first-order valence-electron chi connectivity index (χ1n) is 7.03. The predicted molar refractivity (Wildman–Crippen MR) is 88.1 cm³/mol. The highest BCUT2D eigenvalue weighted by Crippen LogP contribution is 2.32. The fourth-order valence-electron chi connectivity index (χ4n) is 2.40. The van der Waals surface area contributed by atoms with E-state index in [0.717, 1.165) is 17.9 Å². The zero-order valence-corrected chi connectivity index (χ0v) is 12.7. The van der Waals surface area contributed by atoms with Crippen LogP contribution in [0.1, 0.15) is 22.8 Å². The summed E-state index contributed by atoms with van der Waals surface area (Å²) in [6, 6.07) is 13.5. The molecule has 0 aromatic heterocycles. The van der Waals surface area contributed by atoms with Crippen LogP contribution in [0.2, 0.25) is 0 Å². The number of benzene rings is 2. The molecule has 4 heteroatoms. The monoisotopic (exact) mass is 283 g/mol. The maximum absolute atomic E-state index is 11.8. The summed E-state index contributed by atoms with van der Waals surface area (Å²) >= 11 is 0. The number of carbonyl (C=O) groups excluding carboxylic acids is 1. The number of carbonyl (C=O) groups is 1. The second-order valence-corrected chi connectivity index (χ2v) is 4.88. The summed E-state index contributed by atoms with van der Waals surface area (Å²) in [4.78, 5) is 13.9. The molecule has 2 aromatic rings. The zero-order chi connectivity index (χ0) is 15.4. The van der Waals surface area contributed by atoms with Gasteiger partial charge in [0, 0.05) is 24.8 Å². The van der Waals surface area contributed by atoms with E-state index >= 15 is 0 Å². The number of nitrogens with one attached hydrogen (secondary N) is 1. The van der Waals surface area contributed by atoms with Crippen LogP contribution >= 0.6 is 0 Å². The van der Waals surface area contributed by atoms with Gasteiger partial charge in [-0.2, -0.15) is 0 Å². The highest BCUT2D eigenvalue weighted by Gasteiger charge is 2.14. The van der Waals surface area contributed by atoms with E-state index in [0.29, 0.717) is 11.3 Å². The van der Waals surface area contributed by atoms with E-state index in [9.17, 15) is 4.79 Å². The first kappa shape index (κ1) is 14.9. The number of anilines is 3. The summed E-state index contributed by atoms with van der Waals surface area (Å²) in [5.41, 5.74) is 10.5. The van der Waals surface area contributed by atoms with Crippen molar-refractivity contribution in [2.75, 3.05) is 24.2 Å². The van der Waals surface area contributed by atoms with Crippen molar-refractivity contribution in [3.8, 4) is 0 Å². The van der Waals surface area contributed by atoms with Gasteiger partial charge < -0.3 is 16.0 Å². The van der Waals surface area contributed by atoms with Crippen LogP contribution in [0.25, 0.3) is 0 Å². The van der Waals surface area contributed by atoms with Gasteiger partial charge in [0.05, 0.1) is 11.4 Å². The maximum atomic E-state index is 11.8. The lowest BCUT2D eigenvalue weighted by Gasteiger charge is -2.26. The molecule has 0 heterocycles. The molecule has 0 fully saturated rings. The molecule has 1 amide bonds. The molecule has 110 valence electrons. The molecular formula is C17H21N3O. The molecule has 0 bridgehead atoms. The molecule has 0 saturated heterocycles. The van der Waals surface area contributed by atoms with Crippen molar-refractivity contribution >= 4 is 23.0 Å². The minimum atomic E-state index is -0.114. The lowest BCUT2D eigenvalue weighted by molar-refractivity contribution is 0.0963. The Balaban J connectivity index is 2.52. The molecule has 0 aliphatic rings. The third kappa shape index (κ3) is 2.99. The van der Waals surface area contributed by atoms with Gasteiger partial charge in [0.2, 0.25) is 0 Å². The number of nitrogen functional groups attached to an aromatic ring is 1. The summed E-state index contributed by atoms with van der Waals surface area (Å²) in [6.07, 6.45) is 0. The van der Waals surface area contributed by atoms with Crippen molar-refractivity contribution in [1.82, 2.24) is 5.32 Å². The van der Waals surface area contributed by atoms with E-state index < -0.39 is 0 Å². The minimum absolute atomic E-state index is 0.114. The molecule has 0 aliphatic carbocycles. The van der Waals surface area contributed by atoms with Gasteiger partial charge in [-0.05, 0) is 43.7 Å². The van der Waals surface area contributed by atoms with E-state index in [4.69, 9.17) is 5.73 Å². The van der Waals surface area contributed by atoms with Crippen LogP contribution in [-0.4, -0.2) is 19.5 Å². The molecule has 3 N–H and O–H groups in total. The minimum Gasteiger partial charge on any atom is -0.397 e. The van der Waals surface area contributed by atoms with Crippen molar-refractivity contribution in [1.29, 1.82) is 0 Å². The Morgan fingerprint density at radius 3 is 2.52 bits per heavy atom. The van der Waals surface area contributed by atoms with E-state index in [1.54, 1.807) is 19.2 Å². The van der Waals surface area contributed by atoms with Crippen molar-refractivity contribution in [3.05, 3.63) is 53.6 Å². The Labute approximate surface area is 125 Å². The van der Waals surface area contributed by atoms with Crippen molar-refractivity contribution in [2.24, 2.45) is 0 Å². The van der Waals surface area contributed by atoms with Crippen LogP contribution in [0, 0.1) is 6.92 Å². The molecule has 0 spiro atoms. The van der Waals surface area contributed by atoms with Crippen LogP contribution in [0.3, 0.4) is 0 Å². The molecule has 0 atom stereocenters. The summed E-state index contributed by atoms with van der Waals surface area (Å²) in [5.74, 6) is -0.114. The average molecular weight is 283 g/mol. The molecule has 4 nitrogen and oxygen atoms in total. The average Bonchev–Trinajstić information content (AvgIpc) is 2.50. The Morgan fingerprint density at radius 1 is 1.19 bits per heavy atom. The van der Waals surface area contributed by atoms with Crippen LogP contribution in [0.5, 0.6) is 0 Å². The van der Waals surface area contributed by atoms with Crippen LogP contribution in [0.15, 0.2) is 42.5 Å². The smallest absolute Gasteiger partial charge is 0.251 e. The molecule has 2 rings (SSSR count). The predicted octanol–water partition coefficient (Wildman–Crippen LogP) is 3.09. The normalized spacial score (nSPS) is 10.2. The van der Waals surface area contributed by atoms with Gasteiger partial charge in [-0.1, -0.05) is 18.2 Å². The van der Waals surface area contributed by atoms with E-state index in [1.807, 2.05) is 18.2 Å². The third-order valence-electron chi connectivity index (χ3n) is 3.53. The Morgan fingerprint density at radius 2 is 1.90 bits per heavy atom. The molecule has 21 heavy (non-hydrogen) atoms. The number of hydrogen-bond acceptors (Lipinski definition) is 3. The lowest BCUT2D eigenvalue weighted by atomic mass is 10.1. The summed E-state index contributed by atoms with van der Waals surface area (Å²) in [7, 11) is 1.62. The number of hydrogen-bond donors (Lipinski definition) is 2. The first-order chi connectivity index (χ1) is 10.1. The number of rotatable bonds is 4. The Hall–Kier alpha value is -2.49. The topological polar surface area (TPSA) is 58.4 Å². The van der Waals surface area contributed by atoms with Gasteiger partial charge in [0.1, 0.15) is 0 Å². The van der Waals surface area contributed by atoms with Gasteiger partial charge in [0.15, 0.2) is 0 Å². The highest BCUT2D eigenvalue weighted by atomic mass is 16.1. The van der Waals surface area contributed by atoms with Crippen LogP contribution in [0.4, 0.5) is 17.1 Å². The second kappa shape index (κ2) is 6.31. The van der Waals surface area contributed by atoms with Crippen molar-refractivity contribution < 1.29 is 4.79 Å². The summed E-state index contributed by atoms with van der Waals surface area (Å²) < 4.78 is 0. The largest absolute Gasteiger partial charge is 0.397 e. The summed E-state index contributed by atoms with van der Waals surface area (Å²) in [6.45, 7) is 4.90. The van der Waals surface area contributed by atoms with Crippen LogP contribution < -0.4 is 16.0 Å². The van der Waals surface area contributed by atoms with Gasteiger partial charge in [-0.3, -0.25) is 4.79 Å². The fourth-order valence-corrected chi connectivity index (χ4v) is 2.40. The molecular weight excluding hydrogens is 262 g/mol. The van der Waals surface area contributed by atoms with E-state index in [1.165, 1.54) is 5.56 Å². The molecule has 0 radical (unpaired) electrons. The molecule has 2 aromatic carbocycles. The molecule has 0 aliphatic heterocycles. The second-order valence-electron chi connectivity index (χ2n) is 4.88.